The van der Waals surface area contributed by atoms with Crippen molar-refractivity contribution in [3.8, 4) is 0 Å². The Labute approximate surface area is 84.3 Å². The number of amides is 1. The van der Waals surface area contributed by atoms with E-state index in [1.807, 2.05) is 4.90 Å². The summed E-state index contributed by atoms with van der Waals surface area (Å²) in [6.45, 7) is 3.35. The zero-order valence-electron chi connectivity index (χ0n) is 8.62. The molecule has 0 radical (unpaired) electrons. The summed E-state index contributed by atoms with van der Waals surface area (Å²) in [6.07, 6.45) is 3.41. The van der Waals surface area contributed by atoms with E-state index in [0.717, 1.165) is 25.9 Å². The van der Waals surface area contributed by atoms with Gasteiger partial charge >= 0.3 is 0 Å². The smallest absolute Gasteiger partial charge is 0.245 e. The number of aliphatic hydroxyl groups is 1. The van der Waals surface area contributed by atoms with Gasteiger partial charge in [-0.05, 0) is 26.2 Å². The van der Waals surface area contributed by atoms with Crippen molar-refractivity contribution in [2.24, 2.45) is 0 Å². The van der Waals surface area contributed by atoms with Crippen LogP contribution in [0.3, 0.4) is 0 Å². The summed E-state index contributed by atoms with van der Waals surface area (Å²) < 4.78 is 0. The summed E-state index contributed by atoms with van der Waals surface area (Å²) >= 11 is 0. The van der Waals surface area contributed by atoms with Crippen LogP contribution >= 0.6 is 0 Å². The second kappa shape index (κ2) is 3.51. The van der Waals surface area contributed by atoms with E-state index in [9.17, 15) is 9.90 Å². The Bertz CT molecular complexity index is 244. The van der Waals surface area contributed by atoms with Crippen molar-refractivity contribution in [1.29, 1.82) is 0 Å². The largest absolute Gasteiger partial charge is 0.394 e. The second-order valence-corrected chi connectivity index (χ2v) is 4.52. The van der Waals surface area contributed by atoms with E-state index in [1.54, 1.807) is 6.92 Å². The van der Waals surface area contributed by atoms with E-state index in [2.05, 4.69) is 5.32 Å². The van der Waals surface area contributed by atoms with Gasteiger partial charge in [-0.3, -0.25) is 10.1 Å². The molecule has 2 atom stereocenters. The molecule has 2 rings (SSSR count). The minimum absolute atomic E-state index is 0.0657. The number of nitrogens with zero attached hydrogens (tertiary/aromatic N) is 1. The third kappa shape index (κ3) is 1.42. The first-order valence-corrected chi connectivity index (χ1v) is 5.34. The lowest BCUT2D eigenvalue weighted by atomic mass is 9.91. The normalized spacial score (nSPS) is 38.3. The Morgan fingerprint density at radius 1 is 1.64 bits per heavy atom. The van der Waals surface area contributed by atoms with Crippen molar-refractivity contribution in [2.75, 3.05) is 19.7 Å². The highest BCUT2D eigenvalue weighted by atomic mass is 16.3. The van der Waals surface area contributed by atoms with Crippen molar-refractivity contribution in [2.45, 2.75) is 37.8 Å². The number of hydrogen-bond acceptors (Lipinski definition) is 3. The summed E-state index contributed by atoms with van der Waals surface area (Å²) in [7, 11) is 0. The predicted octanol–water partition coefficient (Wildman–Crippen LogP) is -0.278. The van der Waals surface area contributed by atoms with Gasteiger partial charge in [-0.2, -0.15) is 0 Å². The topological polar surface area (TPSA) is 52.6 Å². The fourth-order valence-corrected chi connectivity index (χ4v) is 2.34. The molecule has 0 aliphatic carbocycles. The average molecular weight is 198 g/mol. The van der Waals surface area contributed by atoms with E-state index in [0.29, 0.717) is 6.04 Å². The number of hydrogen-bond donors (Lipinski definition) is 2. The number of carbonyl (C=O) groups is 1. The van der Waals surface area contributed by atoms with Crippen molar-refractivity contribution in [3.05, 3.63) is 0 Å². The Kier molecular flexibility index (Phi) is 2.49. The zero-order chi connectivity index (χ0) is 10.2. The maximum absolute atomic E-state index is 12.0. The number of aliphatic hydroxyl groups excluding tert-OH is 1. The van der Waals surface area contributed by atoms with E-state index < -0.39 is 5.54 Å². The van der Waals surface area contributed by atoms with E-state index in [1.165, 1.54) is 6.42 Å². The fourth-order valence-electron chi connectivity index (χ4n) is 2.34. The van der Waals surface area contributed by atoms with Gasteiger partial charge in [0.05, 0.1) is 6.61 Å². The molecule has 2 fully saturated rings. The maximum Gasteiger partial charge on any atom is 0.245 e. The second-order valence-electron chi connectivity index (χ2n) is 4.52. The number of rotatable bonds is 1. The van der Waals surface area contributed by atoms with Crippen LogP contribution in [0.1, 0.15) is 26.2 Å². The molecule has 80 valence electrons. The lowest BCUT2D eigenvalue weighted by molar-refractivity contribution is -0.147. The highest BCUT2D eigenvalue weighted by Crippen LogP contribution is 2.24. The lowest BCUT2D eigenvalue weighted by Crippen LogP contribution is -2.68. The maximum atomic E-state index is 12.0. The van der Waals surface area contributed by atoms with Gasteiger partial charge < -0.3 is 10.0 Å². The van der Waals surface area contributed by atoms with Crippen LogP contribution in [0.4, 0.5) is 0 Å². The van der Waals surface area contributed by atoms with Crippen molar-refractivity contribution >= 4 is 5.91 Å². The Morgan fingerprint density at radius 3 is 3.14 bits per heavy atom. The van der Waals surface area contributed by atoms with Crippen LogP contribution in [0.15, 0.2) is 0 Å². The van der Waals surface area contributed by atoms with Gasteiger partial charge in [-0.25, -0.2) is 0 Å². The molecule has 2 N–H and O–H groups in total. The van der Waals surface area contributed by atoms with Gasteiger partial charge in [-0.15, -0.1) is 0 Å². The van der Waals surface area contributed by atoms with Crippen LogP contribution in [0.25, 0.3) is 0 Å². The Balaban J connectivity index is 2.14. The number of fused-ring (bicyclic) bond motifs is 1. The summed E-state index contributed by atoms with van der Waals surface area (Å²) in [5, 5.41) is 12.4. The molecule has 14 heavy (non-hydrogen) atoms. The van der Waals surface area contributed by atoms with E-state index in [4.69, 9.17) is 0 Å². The van der Waals surface area contributed by atoms with E-state index >= 15 is 0 Å². The lowest BCUT2D eigenvalue weighted by Gasteiger charge is -2.46. The monoisotopic (exact) mass is 198 g/mol. The molecule has 0 spiro atoms. The molecule has 0 aromatic rings. The highest BCUT2D eigenvalue weighted by Gasteiger charge is 2.43. The highest BCUT2D eigenvalue weighted by molar-refractivity contribution is 5.87. The molecule has 2 heterocycles. The van der Waals surface area contributed by atoms with Gasteiger partial charge in [0.1, 0.15) is 5.54 Å². The molecule has 2 aliphatic rings. The molecule has 0 bridgehead atoms. The summed E-state index contributed by atoms with van der Waals surface area (Å²) in [5.74, 6) is 0.0657. The zero-order valence-corrected chi connectivity index (χ0v) is 8.62. The van der Waals surface area contributed by atoms with Gasteiger partial charge in [0.25, 0.3) is 0 Å². The van der Waals surface area contributed by atoms with Crippen LogP contribution in [0, 0.1) is 0 Å². The summed E-state index contributed by atoms with van der Waals surface area (Å²) in [4.78, 5) is 14.0. The van der Waals surface area contributed by atoms with Crippen LogP contribution < -0.4 is 5.32 Å². The van der Waals surface area contributed by atoms with Crippen LogP contribution in [0.5, 0.6) is 0 Å². The predicted molar refractivity (Wildman–Crippen MR) is 52.8 cm³/mol. The SMILES string of the molecule is C[C@]1(CO)NC[C@@H]2CCCCN2C1=O. The molecule has 2 saturated heterocycles. The first kappa shape index (κ1) is 9.93. The molecule has 2 aliphatic heterocycles. The van der Waals surface area contributed by atoms with Gasteiger partial charge in [0.15, 0.2) is 0 Å². The first-order valence-electron chi connectivity index (χ1n) is 5.34. The molecular weight excluding hydrogens is 180 g/mol. The number of carbonyl (C=O) groups excluding carboxylic acids is 1. The average Bonchev–Trinajstić information content (AvgIpc) is 2.24. The first-order chi connectivity index (χ1) is 6.67. The van der Waals surface area contributed by atoms with Crippen molar-refractivity contribution in [1.82, 2.24) is 10.2 Å². The van der Waals surface area contributed by atoms with Crippen LogP contribution in [-0.4, -0.2) is 47.2 Å². The minimum atomic E-state index is -0.742. The molecule has 0 aromatic carbocycles. The quantitative estimate of drug-likeness (QED) is 0.609. The number of piperidine rings is 1. The summed E-state index contributed by atoms with van der Waals surface area (Å²) in [6, 6.07) is 0.357. The van der Waals surface area contributed by atoms with Crippen LogP contribution in [-0.2, 0) is 4.79 Å². The minimum Gasteiger partial charge on any atom is -0.394 e. The van der Waals surface area contributed by atoms with Crippen molar-refractivity contribution in [3.63, 3.8) is 0 Å². The number of piperazine rings is 1. The Morgan fingerprint density at radius 2 is 2.43 bits per heavy atom. The van der Waals surface area contributed by atoms with E-state index in [-0.39, 0.29) is 12.5 Å². The molecule has 4 nitrogen and oxygen atoms in total. The van der Waals surface area contributed by atoms with Gasteiger partial charge in [-0.1, -0.05) is 0 Å². The summed E-state index contributed by atoms with van der Waals surface area (Å²) in [5.41, 5.74) is -0.742. The van der Waals surface area contributed by atoms with Crippen molar-refractivity contribution < 1.29 is 9.90 Å². The molecule has 0 saturated carbocycles. The van der Waals surface area contributed by atoms with Crippen LogP contribution in [0.2, 0.25) is 0 Å². The molecule has 1 amide bonds. The standard InChI is InChI=1S/C10H18N2O2/c1-10(7-13)9(14)12-5-3-2-4-8(12)6-11-10/h8,11,13H,2-7H2,1H3/t8-,10+/m0/s1. The van der Waals surface area contributed by atoms with Gasteiger partial charge in [0.2, 0.25) is 5.91 Å². The molecule has 4 heteroatoms. The fraction of sp³-hybridized carbons (Fsp3) is 0.900. The number of nitrogens with one attached hydrogen (secondary N) is 1. The Hall–Kier alpha value is -0.610. The third-order valence-corrected chi connectivity index (χ3v) is 3.40. The molecular formula is C10H18N2O2. The third-order valence-electron chi connectivity index (χ3n) is 3.40. The molecule has 0 unspecified atom stereocenters. The van der Waals surface area contributed by atoms with Gasteiger partial charge in [0, 0.05) is 19.1 Å². The molecule has 0 aromatic heterocycles.